The third-order valence-corrected chi connectivity index (χ3v) is 3.29. The Labute approximate surface area is 94.5 Å². The molecular formula is C12H16N4. The second-order valence-electron chi connectivity index (χ2n) is 4.34. The molecule has 16 heavy (non-hydrogen) atoms. The molecule has 0 amide bonds. The highest BCUT2D eigenvalue weighted by atomic mass is 15.0. The van der Waals surface area contributed by atoms with Crippen LogP contribution < -0.4 is 11.1 Å². The number of pyridine rings is 1. The summed E-state index contributed by atoms with van der Waals surface area (Å²) in [6, 6.07) is 4.18. The third-order valence-electron chi connectivity index (χ3n) is 3.29. The van der Waals surface area contributed by atoms with Gasteiger partial charge in [-0.1, -0.05) is 0 Å². The zero-order chi connectivity index (χ0) is 11.0. The van der Waals surface area contributed by atoms with Crippen LogP contribution in [0.4, 0.5) is 0 Å². The smallest absolute Gasteiger partial charge is 0.117 e. The Morgan fingerprint density at radius 2 is 2.50 bits per heavy atom. The quantitative estimate of drug-likeness (QED) is 0.783. The lowest BCUT2D eigenvalue weighted by molar-refractivity contribution is 0.698. The molecule has 2 aromatic rings. The van der Waals surface area contributed by atoms with E-state index in [4.69, 9.17) is 5.73 Å². The first-order valence-electron chi connectivity index (χ1n) is 5.75. The van der Waals surface area contributed by atoms with Crippen molar-refractivity contribution in [2.75, 3.05) is 13.1 Å². The first-order chi connectivity index (χ1) is 7.88. The zero-order valence-corrected chi connectivity index (χ0v) is 9.19. The lowest BCUT2D eigenvalue weighted by Gasteiger charge is -2.07. The molecule has 1 aliphatic heterocycles. The summed E-state index contributed by atoms with van der Waals surface area (Å²) in [5.74, 6) is 1.72. The van der Waals surface area contributed by atoms with Crippen LogP contribution in [0.25, 0.3) is 5.52 Å². The van der Waals surface area contributed by atoms with Crippen molar-refractivity contribution in [2.45, 2.75) is 18.9 Å². The average Bonchev–Trinajstić information content (AvgIpc) is 2.96. The third kappa shape index (κ3) is 1.50. The van der Waals surface area contributed by atoms with Gasteiger partial charge in [0.2, 0.25) is 0 Å². The van der Waals surface area contributed by atoms with Crippen molar-refractivity contribution in [1.29, 1.82) is 0 Å². The van der Waals surface area contributed by atoms with Crippen molar-refractivity contribution in [3.8, 4) is 0 Å². The lowest BCUT2D eigenvalue weighted by atomic mass is 10.1. The SMILES string of the molecule is NCc1ccn2c(C3CCNC3)ncc2c1. The van der Waals surface area contributed by atoms with Gasteiger partial charge in [-0.3, -0.25) is 0 Å². The van der Waals surface area contributed by atoms with Crippen molar-refractivity contribution in [3.63, 3.8) is 0 Å². The molecule has 0 spiro atoms. The second-order valence-corrected chi connectivity index (χ2v) is 4.34. The molecule has 3 heterocycles. The molecule has 1 saturated heterocycles. The molecule has 0 radical (unpaired) electrons. The van der Waals surface area contributed by atoms with Gasteiger partial charge in [-0.2, -0.15) is 0 Å². The highest BCUT2D eigenvalue weighted by Gasteiger charge is 2.20. The maximum absolute atomic E-state index is 5.63. The van der Waals surface area contributed by atoms with E-state index in [1.807, 2.05) is 6.20 Å². The predicted octanol–water partition coefficient (Wildman–Crippen LogP) is 0.870. The first-order valence-corrected chi connectivity index (χ1v) is 5.75. The van der Waals surface area contributed by atoms with Gasteiger partial charge < -0.3 is 15.5 Å². The number of aromatic nitrogens is 2. The molecule has 0 aliphatic carbocycles. The molecule has 3 rings (SSSR count). The van der Waals surface area contributed by atoms with Crippen LogP contribution in [0, 0.1) is 0 Å². The Morgan fingerprint density at radius 3 is 3.25 bits per heavy atom. The van der Waals surface area contributed by atoms with E-state index >= 15 is 0 Å². The Balaban J connectivity index is 2.06. The van der Waals surface area contributed by atoms with Crippen molar-refractivity contribution in [2.24, 2.45) is 5.73 Å². The summed E-state index contributed by atoms with van der Waals surface area (Å²) < 4.78 is 2.18. The van der Waals surface area contributed by atoms with Gasteiger partial charge in [0, 0.05) is 25.2 Å². The summed E-state index contributed by atoms with van der Waals surface area (Å²) in [4.78, 5) is 4.53. The monoisotopic (exact) mass is 216 g/mol. The van der Waals surface area contributed by atoms with E-state index in [9.17, 15) is 0 Å². The van der Waals surface area contributed by atoms with Crippen molar-refractivity contribution in [3.05, 3.63) is 35.9 Å². The summed E-state index contributed by atoms with van der Waals surface area (Å²) in [6.45, 7) is 2.72. The summed E-state index contributed by atoms with van der Waals surface area (Å²) in [5, 5.41) is 3.37. The van der Waals surface area contributed by atoms with E-state index in [-0.39, 0.29) is 0 Å². The number of hydrogen-bond acceptors (Lipinski definition) is 3. The Bertz CT molecular complexity index is 497. The zero-order valence-electron chi connectivity index (χ0n) is 9.19. The Kier molecular flexibility index (Phi) is 2.38. The van der Waals surface area contributed by atoms with Crippen molar-refractivity contribution < 1.29 is 0 Å². The number of nitrogens with two attached hydrogens (primary N) is 1. The molecule has 1 unspecified atom stereocenters. The molecule has 0 aromatic carbocycles. The minimum atomic E-state index is 0.547. The number of nitrogens with zero attached hydrogens (tertiary/aromatic N) is 2. The van der Waals surface area contributed by atoms with Gasteiger partial charge >= 0.3 is 0 Å². The second kappa shape index (κ2) is 3.88. The van der Waals surface area contributed by atoms with E-state index in [2.05, 4.69) is 33.0 Å². The van der Waals surface area contributed by atoms with Gasteiger partial charge in [0.25, 0.3) is 0 Å². The van der Waals surface area contributed by atoms with Crippen LogP contribution in [0.15, 0.2) is 24.5 Å². The fraction of sp³-hybridized carbons (Fsp3) is 0.417. The Hall–Kier alpha value is -1.39. The molecule has 2 aromatic heterocycles. The van der Waals surface area contributed by atoms with E-state index in [1.54, 1.807) is 0 Å². The van der Waals surface area contributed by atoms with Crippen LogP contribution in [0.5, 0.6) is 0 Å². The highest BCUT2D eigenvalue weighted by Crippen LogP contribution is 2.22. The number of hydrogen-bond donors (Lipinski definition) is 2. The van der Waals surface area contributed by atoms with Gasteiger partial charge in [-0.05, 0) is 30.7 Å². The number of imidazole rings is 1. The minimum Gasteiger partial charge on any atom is -0.326 e. The lowest BCUT2D eigenvalue weighted by Crippen LogP contribution is -2.10. The molecule has 3 N–H and O–H groups in total. The van der Waals surface area contributed by atoms with Crippen LogP contribution in [0.3, 0.4) is 0 Å². The highest BCUT2D eigenvalue weighted by molar-refractivity contribution is 5.48. The summed E-state index contributed by atoms with van der Waals surface area (Å²) >= 11 is 0. The van der Waals surface area contributed by atoms with Gasteiger partial charge in [0.1, 0.15) is 5.82 Å². The topological polar surface area (TPSA) is 55.4 Å². The minimum absolute atomic E-state index is 0.547. The van der Waals surface area contributed by atoms with Gasteiger partial charge in [-0.25, -0.2) is 4.98 Å². The van der Waals surface area contributed by atoms with Crippen LogP contribution in [0.1, 0.15) is 23.7 Å². The molecule has 1 aliphatic rings. The fourth-order valence-corrected chi connectivity index (χ4v) is 2.37. The molecule has 0 saturated carbocycles. The first kappa shape index (κ1) is 9.81. The van der Waals surface area contributed by atoms with E-state index < -0.39 is 0 Å². The van der Waals surface area contributed by atoms with Crippen molar-refractivity contribution >= 4 is 5.52 Å². The molecule has 4 nitrogen and oxygen atoms in total. The average molecular weight is 216 g/mol. The molecule has 1 atom stereocenters. The summed E-state index contributed by atoms with van der Waals surface area (Å²) in [7, 11) is 0. The van der Waals surface area contributed by atoms with Gasteiger partial charge in [0.05, 0.1) is 11.7 Å². The molecule has 84 valence electrons. The predicted molar refractivity (Wildman–Crippen MR) is 63.3 cm³/mol. The number of nitrogens with one attached hydrogen (secondary N) is 1. The standard InChI is InChI=1S/C12H16N4/c13-6-9-2-4-16-11(5-9)8-15-12(16)10-1-3-14-7-10/h2,4-5,8,10,14H,1,3,6-7,13H2. The van der Waals surface area contributed by atoms with E-state index in [1.165, 1.54) is 12.2 Å². The fourth-order valence-electron chi connectivity index (χ4n) is 2.37. The molecule has 4 heteroatoms. The van der Waals surface area contributed by atoms with Gasteiger partial charge in [0.15, 0.2) is 0 Å². The maximum Gasteiger partial charge on any atom is 0.117 e. The van der Waals surface area contributed by atoms with E-state index in [0.29, 0.717) is 12.5 Å². The molecule has 1 fully saturated rings. The number of fused-ring (bicyclic) bond motifs is 1. The van der Waals surface area contributed by atoms with Crippen molar-refractivity contribution in [1.82, 2.24) is 14.7 Å². The maximum atomic E-state index is 5.63. The molecular weight excluding hydrogens is 200 g/mol. The summed E-state index contributed by atoms with van der Waals surface area (Å²) in [6.07, 6.45) is 5.20. The molecule has 0 bridgehead atoms. The summed E-state index contributed by atoms with van der Waals surface area (Å²) in [5.41, 5.74) is 7.93. The van der Waals surface area contributed by atoms with Crippen LogP contribution in [0.2, 0.25) is 0 Å². The van der Waals surface area contributed by atoms with E-state index in [0.717, 1.165) is 24.2 Å². The number of rotatable bonds is 2. The van der Waals surface area contributed by atoms with Gasteiger partial charge in [-0.15, -0.1) is 0 Å². The Morgan fingerprint density at radius 1 is 1.56 bits per heavy atom. The largest absolute Gasteiger partial charge is 0.326 e. The normalized spacial score (nSPS) is 20.7. The van der Waals surface area contributed by atoms with Crippen LogP contribution >= 0.6 is 0 Å². The van der Waals surface area contributed by atoms with Crippen LogP contribution in [-0.4, -0.2) is 22.5 Å². The van der Waals surface area contributed by atoms with Crippen LogP contribution in [-0.2, 0) is 6.54 Å².